The predicted molar refractivity (Wildman–Crippen MR) is 98.9 cm³/mol. The number of nitro groups is 1. The molecule has 9 nitrogen and oxygen atoms in total. The van der Waals surface area contributed by atoms with Crippen molar-refractivity contribution >= 4 is 24.1 Å². The molecule has 10 heteroatoms. The fourth-order valence-electron chi connectivity index (χ4n) is 2.43. The van der Waals surface area contributed by atoms with Gasteiger partial charge in [-0.1, -0.05) is 12.1 Å². The summed E-state index contributed by atoms with van der Waals surface area (Å²) in [4.78, 5) is 10.5. The molecule has 0 aliphatic rings. The Morgan fingerprint density at radius 1 is 1.22 bits per heavy atom. The largest absolute Gasteiger partial charge is 0.461 e. The second-order valence-corrected chi connectivity index (χ2v) is 5.78. The predicted octanol–water partition coefficient (Wildman–Crippen LogP) is 4.25. The number of aromatic nitrogens is 3. The first-order valence-corrected chi connectivity index (χ1v) is 8.13. The number of non-ortho nitro benzene ring substituents is 1. The van der Waals surface area contributed by atoms with Crippen LogP contribution in [0.5, 0.6) is 0 Å². The van der Waals surface area contributed by atoms with Gasteiger partial charge >= 0.3 is 0 Å². The maximum absolute atomic E-state index is 10.9. The molecule has 0 aliphatic heterocycles. The Balaban J connectivity index is 1.63. The van der Waals surface area contributed by atoms with Crippen LogP contribution in [0.3, 0.4) is 0 Å². The highest BCUT2D eigenvalue weighted by atomic mass is 32.1. The molecule has 4 rings (SSSR count). The maximum Gasteiger partial charge on any atom is 0.270 e. The molecule has 134 valence electrons. The van der Waals surface area contributed by atoms with Gasteiger partial charge in [0.25, 0.3) is 5.69 Å². The van der Waals surface area contributed by atoms with Crippen molar-refractivity contribution in [1.29, 1.82) is 0 Å². The van der Waals surface area contributed by atoms with Crippen LogP contribution in [-0.4, -0.2) is 26.0 Å². The molecular weight excluding hydrogens is 370 g/mol. The molecule has 0 saturated heterocycles. The van der Waals surface area contributed by atoms with Crippen molar-refractivity contribution in [2.24, 2.45) is 5.10 Å². The van der Waals surface area contributed by atoms with Crippen LogP contribution < -0.4 is 0 Å². The number of hydrogen-bond acceptors (Lipinski definition) is 7. The SMILES string of the molecule is O=[N+]([O-])c1cccc(-c2ccc(/C=N\n3c(-c4ccco4)n[nH]c3=S)o2)c1. The molecule has 0 radical (unpaired) electrons. The molecule has 1 aromatic carbocycles. The number of nitrogens with zero attached hydrogens (tertiary/aromatic N) is 4. The number of furan rings is 2. The molecule has 4 aromatic rings. The molecule has 3 heterocycles. The summed E-state index contributed by atoms with van der Waals surface area (Å²) in [6, 6.07) is 13.1. The lowest BCUT2D eigenvalue weighted by atomic mass is 10.1. The lowest BCUT2D eigenvalue weighted by Crippen LogP contribution is -1.93. The topological polar surface area (TPSA) is 115 Å². The van der Waals surface area contributed by atoms with E-state index >= 15 is 0 Å². The summed E-state index contributed by atoms with van der Waals surface area (Å²) in [5.41, 5.74) is 0.590. The number of hydrogen-bond donors (Lipinski definition) is 1. The monoisotopic (exact) mass is 381 g/mol. The van der Waals surface area contributed by atoms with E-state index in [0.717, 1.165) is 0 Å². The van der Waals surface area contributed by atoms with Crippen LogP contribution >= 0.6 is 12.2 Å². The van der Waals surface area contributed by atoms with Crippen LogP contribution in [0.2, 0.25) is 0 Å². The van der Waals surface area contributed by atoms with E-state index in [-0.39, 0.29) is 5.69 Å². The minimum atomic E-state index is -0.453. The summed E-state index contributed by atoms with van der Waals surface area (Å²) in [7, 11) is 0. The van der Waals surface area contributed by atoms with Gasteiger partial charge in [-0.15, -0.1) is 5.10 Å². The highest BCUT2D eigenvalue weighted by Crippen LogP contribution is 2.25. The zero-order chi connectivity index (χ0) is 18.8. The van der Waals surface area contributed by atoms with E-state index in [4.69, 9.17) is 21.1 Å². The summed E-state index contributed by atoms with van der Waals surface area (Å²) in [6.07, 6.45) is 3.00. The highest BCUT2D eigenvalue weighted by molar-refractivity contribution is 7.71. The van der Waals surface area contributed by atoms with Crippen molar-refractivity contribution in [3.63, 3.8) is 0 Å². The zero-order valence-electron chi connectivity index (χ0n) is 13.6. The van der Waals surface area contributed by atoms with Gasteiger partial charge in [0.2, 0.25) is 10.6 Å². The minimum Gasteiger partial charge on any atom is -0.461 e. The fraction of sp³-hybridized carbons (Fsp3) is 0. The Morgan fingerprint density at radius 2 is 2.11 bits per heavy atom. The molecule has 0 amide bonds. The zero-order valence-corrected chi connectivity index (χ0v) is 14.4. The van der Waals surface area contributed by atoms with Gasteiger partial charge in [0.1, 0.15) is 11.5 Å². The van der Waals surface area contributed by atoms with Gasteiger partial charge in [0.05, 0.1) is 17.4 Å². The van der Waals surface area contributed by atoms with Gasteiger partial charge in [-0.2, -0.15) is 9.78 Å². The molecule has 0 bridgehead atoms. The van der Waals surface area contributed by atoms with Gasteiger partial charge in [-0.25, -0.2) is 5.10 Å². The molecule has 0 fully saturated rings. The molecule has 0 unspecified atom stereocenters. The summed E-state index contributed by atoms with van der Waals surface area (Å²) < 4.78 is 12.7. The number of benzene rings is 1. The summed E-state index contributed by atoms with van der Waals surface area (Å²) in [6.45, 7) is 0. The summed E-state index contributed by atoms with van der Waals surface area (Å²) in [5, 5.41) is 21.9. The van der Waals surface area contributed by atoms with Gasteiger partial charge in [0.15, 0.2) is 5.76 Å². The van der Waals surface area contributed by atoms with E-state index in [1.54, 1.807) is 36.4 Å². The molecule has 27 heavy (non-hydrogen) atoms. The van der Waals surface area contributed by atoms with Crippen molar-refractivity contribution in [1.82, 2.24) is 14.9 Å². The minimum absolute atomic E-state index is 0.00749. The lowest BCUT2D eigenvalue weighted by Gasteiger charge is -1.97. The first kappa shape index (κ1) is 16.7. The van der Waals surface area contributed by atoms with E-state index in [2.05, 4.69) is 15.3 Å². The van der Waals surface area contributed by atoms with Crippen LogP contribution in [0.1, 0.15) is 5.76 Å². The quantitative estimate of drug-likeness (QED) is 0.239. The van der Waals surface area contributed by atoms with E-state index in [0.29, 0.717) is 33.4 Å². The Hall–Kier alpha value is -3.79. The van der Waals surface area contributed by atoms with E-state index in [1.165, 1.54) is 29.3 Å². The number of nitrogens with one attached hydrogen (secondary N) is 1. The lowest BCUT2D eigenvalue weighted by molar-refractivity contribution is -0.384. The van der Waals surface area contributed by atoms with Crippen molar-refractivity contribution in [3.8, 4) is 22.9 Å². The average molecular weight is 381 g/mol. The van der Waals surface area contributed by atoms with Gasteiger partial charge in [-0.3, -0.25) is 10.1 Å². The van der Waals surface area contributed by atoms with Crippen molar-refractivity contribution in [2.75, 3.05) is 0 Å². The smallest absolute Gasteiger partial charge is 0.270 e. The normalized spacial score (nSPS) is 11.3. The molecule has 0 saturated carbocycles. The van der Waals surface area contributed by atoms with Crippen molar-refractivity contribution < 1.29 is 13.8 Å². The van der Waals surface area contributed by atoms with Crippen LogP contribution in [0.25, 0.3) is 22.9 Å². The second-order valence-electron chi connectivity index (χ2n) is 5.40. The number of nitro benzene ring substituents is 1. The van der Waals surface area contributed by atoms with E-state index in [9.17, 15) is 10.1 Å². The Kier molecular flexibility index (Phi) is 4.22. The van der Waals surface area contributed by atoms with Gasteiger partial charge in [0, 0.05) is 17.7 Å². The Morgan fingerprint density at radius 3 is 2.89 bits per heavy atom. The molecule has 0 aliphatic carbocycles. The second kappa shape index (κ2) is 6.84. The fourth-order valence-corrected chi connectivity index (χ4v) is 2.61. The highest BCUT2D eigenvalue weighted by Gasteiger charge is 2.12. The van der Waals surface area contributed by atoms with Crippen molar-refractivity contribution in [2.45, 2.75) is 0 Å². The molecule has 0 atom stereocenters. The van der Waals surface area contributed by atoms with Crippen LogP contribution in [0.15, 0.2) is 68.7 Å². The maximum atomic E-state index is 10.9. The Bertz CT molecular complexity index is 1190. The van der Waals surface area contributed by atoms with Crippen LogP contribution in [0.4, 0.5) is 5.69 Å². The van der Waals surface area contributed by atoms with E-state index < -0.39 is 4.92 Å². The summed E-state index contributed by atoms with van der Waals surface area (Å²) in [5.74, 6) is 1.87. The van der Waals surface area contributed by atoms with Crippen LogP contribution in [-0.2, 0) is 0 Å². The first-order valence-electron chi connectivity index (χ1n) is 7.72. The third-order valence-corrected chi connectivity index (χ3v) is 3.92. The average Bonchev–Trinajstić information content (AvgIpc) is 3.41. The Labute approximate surface area is 156 Å². The van der Waals surface area contributed by atoms with Crippen LogP contribution in [0, 0.1) is 14.9 Å². The molecule has 1 N–H and O–H groups in total. The molecule has 3 aromatic heterocycles. The number of rotatable bonds is 5. The molecule has 0 spiro atoms. The number of H-pyrrole nitrogens is 1. The third kappa shape index (κ3) is 3.33. The summed E-state index contributed by atoms with van der Waals surface area (Å²) >= 11 is 5.18. The van der Waals surface area contributed by atoms with Gasteiger partial charge < -0.3 is 8.83 Å². The van der Waals surface area contributed by atoms with Gasteiger partial charge in [-0.05, 0) is 36.5 Å². The number of aromatic amines is 1. The molecular formula is C17H11N5O4S. The first-order chi connectivity index (χ1) is 13.1. The van der Waals surface area contributed by atoms with Crippen molar-refractivity contribution in [3.05, 3.63) is 75.4 Å². The third-order valence-electron chi connectivity index (χ3n) is 3.66. The standard InChI is InChI=1S/C17H11N5O4S/c23-22(24)12-4-1-3-11(9-12)14-7-6-13(26-14)10-18-21-16(19-20-17(21)27)15-5-2-8-25-15/h1-10H,(H,20,27)/b18-10-. The van der Waals surface area contributed by atoms with E-state index in [1.807, 2.05) is 0 Å².